The van der Waals surface area contributed by atoms with Crippen molar-refractivity contribution < 1.29 is 24.6 Å². The number of aliphatic hydroxyl groups excluding tert-OH is 2. The average molecular weight is 248 g/mol. The fourth-order valence-electron chi connectivity index (χ4n) is 1.28. The molecule has 0 aromatic rings. The number of carbonyl (C=O) groups excluding carboxylic acids is 3. The normalized spacial score (nSPS) is 17.9. The molecule has 1 rings (SSSR count). The smallest absolute Gasteiger partial charge is 0.331 e. The maximum atomic E-state index is 11.4. The van der Waals surface area contributed by atoms with Crippen LogP contribution in [0.3, 0.4) is 0 Å². The first kappa shape index (κ1) is 15.1. The summed E-state index contributed by atoms with van der Waals surface area (Å²) in [5.74, 6) is -0.506. The van der Waals surface area contributed by atoms with Gasteiger partial charge < -0.3 is 21.7 Å². The Bertz CT molecular complexity index is 326. The molecule has 1 fully saturated rings. The van der Waals surface area contributed by atoms with Gasteiger partial charge in [0.15, 0.2) is 0 Å². The van der Waals surface area contributed by atoms with Crippen molar-refractivity contribution in [2.24, 2.45) is 11.5 Å². The van der Waals surface area contributed by atoms with Crippen LogP contribution in [0.15, 0.2) is 0 Å². The Kier molecular flexibility index (Phi) is 4.86. The standard InChI is InChI=1S/C7H12N2O4.CH4N2O/c1-7(2)5(12)8(3-10)6(13)9(7)4-11;2-1(3)4/h10-11H,3-4H2,1-2H3;(H4,2,3,4). The van der Waals surface area contributed by atoms with E-state index in [4.69, 9.17) is 15.0 Å². The van der Waals surface area contributed by atoms with Crippen molar-refractivity contribution in [1.29, 1.82) is 0 Å². The molecule has 0 atom stereocenters. The number of carbonyl (C=O) groups is 3. The highest BCUT2D eigenvalue weighted by molar-refractivity contribution is 6.06. The van der Waals surface area contributed by atoms with Gasteiger partial charge in [-0.05, 0) is 13.8 Å². The molecule has 0 radical (unpaired) electrons. The summed E-state index contributed by atoms with van der Waals surface area (Å²) in [6.07, 6.45) is 0. The highest BCUT2D eigenvalue weighted by Crippen LogP contribution is 2.25. The van der Waals surface area contributed by atoms with Crippen LogP contribution in [0.1, 0.15) is 13.8 Å². The number of amides is 5. The topological polar surface area (TPSA) is 150 Å². The SMILES string of the molecule is CC1(C)C(=O)N(CO)C(=O)N1CO.NC(N)=O. The van der Waals surface area contributed by atoms with Crippen LogP contribution < -0.4 is 11.5 Å². The number of primary amides is 2. The molecule has 9 heteroatoms. The van der Waals surface area contributed by atoms with Gasteiger partial charge in [-0.25, -0.2) is 14.5 Å². The highest BCUT2D eigenvalue weighted by atomic mass is 16.3. The lowest BCUT2D eigenvalue weighted by Crippen LogP contribution is -2.44. The monoisotopic (exact) mass is 248 g/mol. The molecule has 0 aromatic heterocycles. The third kappa shape index (κ3) is 3.04. The summed E-state index contributed by atoms with van der Waals surface area (Å²) < 4.78 is 0. The third-order valence-electron chi connectivity index (χ3n) is 2.19. The van der Waals surface area contributed by atoms with Gasteiger partial charge in [0.25, 0.3) is 5.91 Å². The summed E-state index contributed by atoms with van der Waals surface area (Å²) >= 11 is 0. The van der Waals surface area contributed by atoms with E-state index in [2.05, 4.69) is 11.5 Å². The van der Waals surface area contributed by atoms with E-state index in [1.807, 2.05) is 0 Å². The number of aliphatic hydroxyl groups is 2. The predicted octanol–water partition coefficient (Wildman–Crippen LogP) is -2.05. The lowest BCUT2D eigenvalue weighted by Gasteiger charge is -2.24. The minimum absolute atomic E-state index is 0.506. The molecule has 9 nitrogen and oxygen atoms in total. The predicted molar refractivity (Wildman–Crippen MR) is 56.1 cm³/mol. The lowest BCUT2D eigenvalue weighted by molar-refractivity contribution is -0.134. The summed E-state index contributed by atoms with van der Waals surface area (Å²) in [4.78, 5) is 33.4. The molecule has 0 spiro atoms. The fraction of sp³-hybridized carbons (Fsp3) is 0.625. The molecule has 1 saturated heterocycles. The van der Waals surface area contributed by atoms with E-state index in [0.717, 1.165) is 4.90 Å². The number of nitrogens with two attached hydrogens (primary N) is 2. The first-order valence-electron chi connectivity index (χ1n) is 4.60. The van der Waals surface area contributed by atoms with Gasteiger partial charge in [0.2, 0.25) is 0 Å². The quantitative estimate of drug-likeness (QED) is 0.415. The van der Waals surface area contributed by atoms with Crippen LogP contribution >= 0.6 is 0 Å². The summed E-state index contributed by atoms with van der Waals surface area (Å²) in [5, 5.41) is 17.6. The van der Waals surface area contributed by atoms with Crippen molar-refractivity contribution in [2.45, 2.75) is 19.4 Å². The van der Waals surface area contributed by atoms with Crippen molar-refractivity contribution in [3.63, 3.8) is 0 Å². The highest BCUT2D eigenvalue weighted by Gasteiger charge is 2.50. The Balaban J connectivity index is 0.000000557. The van der Waals surface area contributed by atoms with E-state index in [9.17, 15) is 9.59 Å². The Labute approximate surface area is 97.6 Å². The van der Waals surface area contributed by atoms with Gasteiger partial charge in [-0.15, -0.1) is 0 Å². The van der Waals surface area contributed by atoms with Crippen LogP contribution in [-0.4, -0.2) is 57.0 Å². The Morgan fingerprint density at radius 2 is 1.65 bits per heavy atom. The van der Waals surface area contributed by atoms with Gasteiger partial charge in [-0.1, -0.05) is 0 Å². The van der Waals surface area contributed by atoms with Gasteiger partial charge in [-0.2, -0.15) is 0 Å². The molecule has 0 unspecified atom stereocenters. The first-order chi connectivity index (χ1) is 7.69. The van der Waals surface area contributed by atoms with Crippen LogP contribution in [0.4, 0.5) is 9.59 Å². The zero-order valence-corrected chi connectivity index (χ0v) is 9.58. The molecular weight excluding hydrogens is 232 g/mol. The fourth-order valence-corrected chi connectivity index (χ4v) is 1.28. The number of rotatable bonds is 2. The van der Waals surface area contributed by atoms with Crippen LogP contribution in [0.25, 0.3) is 0 Å². The Morgan fingerprint density at radius 3 is 1.82 bits per heavy atom. The number of imide groups is 1. The van der Waals surface area contributed by atoms with Crippen molar-refractivity contribution in [2.75, 3.05) is 13.5 Å². The van der Waals surface area contributed by atoms with Crippen molar-refractivity contribution in [3.05, 3.63) is 0 Å². The van der Waals surface area contributed by atoms with E-state index < -0.39 is 37.0 Å². The summed E-state index contributed by atoms with van der Waals surface area (Å²) in [7, 11) is 0. The summed E-state index contributed by atoms with van der Waals surface area (Å²) in [6.45, 7) is 1.84. The zero-order chi connectivity index (χ0) is 13.8. The van der Waals surface area contributed by atoms with Crippen LogP contribution in [0, 0.1) is 0 Å². The van der Waals surface area contributed by atoms with Gasteiger partial charge >= 0.3 is 12.1 Å². The molecule has 1 aliphatic heterocycles. The third-order valence-corrected chi connectivity index (χ3v) is 2.19. The molecule has 5 amide bonds. The average Bonchev–Trinajstić information content (AvgIpc) is 2.33. The zero-order valence-electron chi connectivity index (χ0n) is 9.58. The summed E-state index contributed by atoms with van der Waals surface area (Å²) in [6, 6.07) is -1.50. The largest absolute Gasteiger partial charge is 0.376 e. The molecule has 0 saturated carbocycles. The molecule has 17 heavy (non-hydrogen) atoms. The van der Waals surface area contributed by atoms with E-state index in [1.54, 1.807) is 0 Å². The molecule has 0 aliphatic carbocycles. The van der Waals surface area contributed by atoms with Gasteiger partial charge in [0, 0.05) is 0 Å². The van der Waals surface area contributed by atoms with Gasteiger partial charge in [0.05, 0.1) is 0 Å². The van der Waals surface area contributed by atoms with E-state index in [-0.39, 0.29) is 0 Å². The maximum absolute atomic E-state index is 11.4. The minimum atomic E-state index is -1.07. The molecule has 98 valence electrons. The number of urea groups is 2. The van der Waals surface area contributed by atoms with E-state index in [0.29, 0.717) is 4.90 Å². The molecule has 0 bridgehead atoms. The van der Waals surface area contributed by atoms with E-state index >= 15 is 0 Å². The second kappa shape index (κ2) is 5.46. The molecule has 6 N–H and O–H groups in total. The molecule has 1 aliphatic rings. The van der Waals surface area contributed by atoms with Crippen LogP contribution in [-0.2, 0) is 4.79 Å². The molecule has 0 aromatic carbocycles. The maximum Gasteiger partial charge on any atom is 0.331 e. The minimum Gasteiger partial charge on any atom is -0.376 e. The Morgan fingerprint density at radius 1 is 1.24 bits per heavy atom. The summed E-state index contributed by atoms with van der Waals surface area (Å²) in [5.41, 5.74) is 7.43. The van der Waals surface area contributed by atoms with Crippen molar-refractivity contribution in [1.82, 2.24) is 9.80 Å². The van der Waals surface area contributed by atoms with Crippen molar-refractivity contribution >= 4 is 18.0 Å². The second-order valence-corrected chi connectivity index (χ2v) is 3.69. The Hall–Kier alpha value is -1.87. The molecular formula is C8H16N4O5. The molecule has 1 heterocycles. The number of hydrogen-bond acceptors (Lipinski definition) is 5. The number of nitrogens with zero attached hydrogens (tertiary/aromatic N) is 2. The van der Waals surface area contributed by atoms with Crippen LogP contribution in [0.5, 0.6) is 0 Å². The van der Waals surface area contributed by atoms with Crippen LogP contribution in [0.2, 0.25) is 0 Å². The number of hydrogen-bond donors (Lipinski definition) is 4. The first-order valence-corrected chi connectivity index (χ1v) is 4.60. The van der Waals surface area contributed by atoms with E-state index in [1.165, 1.54) is 13.8 Å². The second-order valence-electron chi connectivity index (χ2n) is 3.69. The lowest BCUT2D eigenvalue weighted by atomic mass is 10.1. The van der Waals surface area contributed by atoms with Gasteiger partial charge in [-0.3, -0.25) is 9.69 Å². The van der Waals surface area contributed by atoms with Gasteiger partial charge in [0.1, 0.15) is 19.0 Å². The van der Waals surface area contributed by atoms with Crippen molar-refractivity contribution in [3.8, 4) is 0 Å².